The number of ether oxygens (including phenoxy) is 4. The Morgan fingerprint density at radius 2 is 1.49 bits per heavy atom. The number of anilines is 1. The Morgan fingerprint density at radius 1 is 0.784 bits per heavy atom. The molecule has 0 radical (unpaired) electrons. The molecule has 2 aromatic carbocycles. The molecule has 4 rings (SSSR count). The zero-order valence-electron chi connectivity index (χ0n) is 21.5. The van der Waals surface area contributed by atoms with Gasteiger partial charge in [-0.25, -0.2) is 8.42 Å². The van der Waals surface area contributed by atoms with Crippen molar-refractivity contribution in [3.63, 3.8) is 0 Å². The fourth-order valence-electron chi connectivity index (χ4n) is 4.16. The topological polar surface area (TPSA) is 103 Å². The molecule has 0 unspecified atom stereocenters. The van der Waals surface area contributed by atoms with Crippen LogP contribution in [0, 0.1) is 0 Å². The van der Waals surface area contributed by atoms with E-state index in [4.69, 9.17) is 18.9 Å². The van der Waals surface area contributed by atoms with Gasteiger partial charge in [0.15, 0.2) is 17.3 Å². The van der Waals surface area contributed by atoms with Crippen LogP contribution in [0.4, 0.5) is 5.82 Å². The van der Waals surface area contributed by atoms with Crippen LogP contribution in [-0.4, -0.2) is 76.5 Å². The van der Waals surface area contributed by atoms with Crippen LogP contribution < -0.4 is 23.8 Å². The Hall–Kier alpha value is -3.57. The van der Waals surface area contributed by atoms with Gasteiger partial charge in [0, 0.05) is 37.8 Å². The van der Waals surface area contributed by atoms with Crippen molar-refractivity contribution < 1.29 is 27.4 Å². The molecular weight excluding hydrogens is 496 g/mol. The fraction of sp³-hybridized carbons (Fsp3) is 0.385. The number of rotatable bonds is 10. The van der Waals surface area contributed by atoms with Gasteiger partial charge < -0.3 is 23.8 Å². The molecule has 1 saturated heterocycles. The lowest BCUT2D eigenvalue weighted by atomic mass is 10.1. The Morgan fingerprint density at radius 3 is 2.11 bits per heavy atom. The number of hydrogen-bond acceptors (Lipinski definition) is 9. The molecule has 2 heterocycles. The summed E-state index contributed by atoms with van der Waals surface area (Å²) in [5, 5.41) is 8.77. The minimum atomic E-state index is -3.77. The summed E-state index contributed by atoms with van der Waals surface area (Å²) in [6.07, 6.45) is 0. The molecule has 0 atom stereocenters. The third-order valence-electron chi connectivity index (χ3n) is 6.04. The highest BCUT2D eigenvalue weighted by atomic mass is 32.2. The summed E-state index contributed by atoms with van der Waals surface area (Å²) in [7, 11) is -0.596. The number of aromatic nitrogens is 2. The van der Waals surface area contributed by atoms with Gasteiger partial charge in [-0.05, 0) is 56.3 Å². The Kier molecular flexibility index (Phi) is 8.34. The van der Waals surface area contributed by atoms with Crippen molar-refractivity contribution in [2.24, 2.45) is 0 Å². The molecule has 1 aliphatic rings. The van der Waals surface area contributed by atoms with Gasteiger partial charge in [0.05, 0.1) is 33.1 Å². The lowest BCUT2D eigenvalue weighted by molar-refractivity contribution is 0.319. The van der Waals surface area contributed by atoms with E-state index in [0.29, 0.717) is 73.9 Å². The lowest BCUT2D eigenvalue weighted by Crippen LogP contribution is -2.49. The second-order valence-corrected chi connectivity index (χ2v) is 10.1. The van der Waals surface area contributed by atoms with Crippen molar-refractivity contribution in [2.45, 2.75) is 18.7 Å². The lowest BCUT2D eigenvalue weighted by Gasteiger charge is -2.34. The largest absolute Gasteiger partial charge is 0.494 e. The minimum absolute atomic E-state index is 0.118. The second-order valence-electron chi connectivity index (χ2n) is 8.21. The van der Waals surface area contributed by atoms with Crippen LogP contribution >= 0.6 is 0 Å². The van der Waals surface area contributed by atoms with Gasteiger partial charge in [0.1, 0.15) is 16.4 Å². The van der Waals surface area contributed by atoms with E-state index in [1.54, 1.807) is 26.4 Å². The number of methoxy groups -OCH3 is 2. The van der Waals surface area contributed by atoms with Gasteiger partial charge in [0.25, 0.3) is 0 Å². The molecule has 1 aromatic heterocycles. The summed E-state index contributed by atoms with van der Waals surface area (Å²) in [4.78, 5) is 2.14. The zero-order valence-corrected chi connectivity index (χ0v) is 22.3. The molecule has 1 fully saturated rings. The molecule has 1 aliphatic heterocycles. The molecule has 0 saturated carbocycles. The number of sulfonamides is 1. The van der Waals surface area contributed by atoms with Crippen molar-refractivity contribution >= 4 is 15.8 Å². The number of piperazine rings is 1. The average Bonchev–Trinajstić information content (AvgIpc) is 2.94. The first-order valence-corrected chi connectivity index (χ1v) is 13.6. The molecule has 0 bridgehead atoms. The van der Waals surface area contributed by atoms with Crippen LogP contribution in [0.1, 0.15) is 13.8 Å². The summed E-state index contributed by atoms with van der Waals surface area (Å²) in [5.41, 5.74) is 1.55. The van der Waals surface area contributed by atoms with Crippen molar-refractivity contribution in [1.82, 2.24) is 14.5 Å². The molecule has 0 spiro atoms. The molecule has 3 aromatic rings. The summed E-state index contributed by atoms with van der Waals surface area (Å²) in [6, 6.07) is 14.2. The third kappa shape index (κ3) is 5.72. The molecule has 0 amide bonds. The maximum atomic E-state index is 13.5. The highest BCUT2D eigenvalue weighted by Gasteiger charge is 2.32. The Balaban J connectivity index is 1.47. The van der Waals surface area contributed by atoms with E-state index in [2.05, 4.69) is 10.2 Å². The van der Waals surface area contributed by atoms with Crippen molar-refractivity contribution in [1.29, 1.82) is 0 Å². The van der Waals surface area contributed by atoms with Crippen LogP contribution in [0.3, 0.4) is 0 Å². The van der Waals surface area contributed by atoms with E-state index < -0.39 is 10.0 Å². The summed E-state index contributed by atoms with van der Waals surface area (Å²) in [6.45, 7) is 6.08. The summed E-state index contributed by atoms with van der Waals surface area (Å²) < 4.78 is 50.3. The Labute approximate surface area is 217 Å². The predicted molar refractivity (Wildman–Crippen MR) is 140 cm³/mol. The van der Waals surface area contributed by atoms with E-state index in [-0.39, 0.29) is 4.90 Å². The second kappa shape index (κ2) is 11.7. The molecule has 11 heteroatoms. The van der Waals surface area contributed by atoms with E-state index in [9.17, 15) is 8.42 Å². The molecule has 198 valence electrons. The summed E-state index contributed by atoms with van der Waals surface area (Å²) >= 11 is 0. The standard InChI is InChI=1S/C26H32N4O6S/c1-5-35-20-8-11-23(36-6-2)25(18-20)37(31,32)30-15-13-29(14-16-30)26-12-9-21(27-28-26)19-7-10-22(33-3)24(17-19)34-4/h7-12,17-18H,5-6,13-16H2,1-4H3. The van der Waals surface area contributed by atoms with Gasteiger partial charge in [-0.2, -0.15) is 4.31 Å². The van der Waals surface area contributed by atoms with Crippen LogP contribution in [0.2, 0.25) is 0 Å². The normalized spacial score (nSPS) is 14.3. The van der Waals surface area contributed by atoms with Crippen molar-refractivity contribution in [2.75, 3.05) is 58.5 Å². The van der Waals surface area contributed by atoms with Gasteiger partial charge in [-0.1, -0.05) is 0 Å². The van der Waals surface area contributed by atoms with Crippen molar-refractivity contribution in [3.05, 3.63) is 48.5 Å². The average molecular weight is 529 g/mol. The fourth-order valence-corrected chi connectivity index (χ4v) is 5.73. The van der Waals surface area contributed by atoms with Crippen LogP contribution in [0.15, 0.2) is 53.4 Å². The minimum Gasteiger partial charge on any atom is -0.494 e. The maximum Gasteiger partial charge on any atom is 0.247 e. The monoisotopic (exact) mass is 528 g/mol. The molecular formula is C26H32N4O6S. The SMILES string of the molecule is CCOc1ccc(OCC)c(S(=O)(=O)N2CCN(c3ccc(-c4ccc(OC)c(OC)c4)nn3)CC2)c1. The van der Waals surface area contributed by atoms with E-state index in [1.165, 1.54) is 10.4 Å². The predicted octanol–water partition coefficient (Wildman–Crippen LogP) is 3.47. The molecule has 0 N–H and O–H groups in total. The van der Waals surface area contributed by atoms with Crippen LogP contribution in [0.25, 0.3) is 11.3 Å². The van der Waals surface area contributed by atoms with Crippen LogP contribution in [0.5, 0.6) is 23.0 Å². The Bertz CT molecular complexity index is 1310. The highest BCUT2D eigenvalue weighted by molar-refractivity contribution is 7.89. The molecule has 10 nitrogen and oxygen atoms in total. The molecule has 0 aliphatic carbocycles. The number of benzene rings is 2. The maximum absolute atomic E-state index is 13.5. The number of nitrogens with zero attached hydrogens (tertiary/aromatic N) is 4. The van der Waals surface area contributed by atoms with Gasteiger partial charge in [0.2, 0.25) is 10.0 Å². The first kappa shape index (κ1) is 26.5. The van der Waals surface area contributed by atoms with E-state index >= 15 is 0 Å². The smallest absolute Gasteiger partial charge is 0.247 e. The zero-order chi connectivity index (χ0) is 26.4. The highest BCUT2D eigenvalue weighted by Crippen LogP contribution is 2.33. The van der Waals surface area contributed by atoms with E-state index in [1.807, 2.05) is 49.1 Å². The van der Waals surface area contributed by atoms with Gasteiger partial charge in [-0.3, -0.25) is 0 Å². The first-order valence-electron chi connectivity index (χ1n) is 12.1. The van der Waals surface area contributed by atoms with Crippen LogP contribution in [-0.2, 0) is 10.0 Å². The van der Waals surface area contributed by atoms with Gasteiger partial charge >= 0.3 is 0 Å². The van der Waals surface area contributed by atoms with Crippen molar-refractivity contribution in [3.8, 4) is 34.3 Å². The first-order chi connectivity index (χ1) is 17.9. The quantitative estimate of drug-likeness (QED) is 0.391. The van der Waals surface area contributed by atoms with Gasteiger partial charge in [-0.15, -0.1) is 10.2 Å². The molecule has 37 heavy (non-hydrogen) atoms. The number of hydrogen-bond donors (Lipinski definition) is 0. The summed E-state index contributed by atoms with van der Waals surface area (Å²) in [5.74, 6) is 2.76. The van der Waals surface area contributed by atoms with E-state index in [0.717, 1.165) is 5.56 Å². The third-order valence-corrected chi connectivity index (χ3v) is 7.96.